The van der Waals surface area contributed by atoms with Crippen LogP contribution in [-0.4, -0.2) is 40.0 Å². The molecule has 0 rings (SSSR count). The van der Waals surface area contributed by atoms with Crippen molar-refractivity contribution >= 4 is 5.97 Å². The summed E-state index contributed by atoms with van der Waals surface area (Å²) in [6, 6.07) is 0. The summed E-state index contributed by atoms with van der Waals surface area (Å²) < 4.78 is 0. The lowest BCUT2D eigenvalue weighted by Gasteiger charge is -2.19. The van der Waals surface area contributed by atoms with E-state index < -0.39 is 11.6 Å². The molecule has 0 radical (unpaired) electrons. The molecule has 0 saturated heterocycles. The topological polar surface area (TPSA) is 89.8 Å². The van der Waals surface area contributed by atoms with Gasteiger partial charge in [0, 0.05) is 18.8 Å². The fraction of sp³-hybridized carbons (Fsp3) is 0.571. The van der Waals surface area contributed by atoms with E-state index in [0.29, 0.717) is 0 Å². The molecule has 0 saturated carbocycles. The largest absolute Gasteiger partial charge is 0.478 e. The van der Waals surface area contributed by atoms with Crippen LogP contribution in [-0.2, 0) is 4.79 Å². The minimum absolute atomic E-state index is 0.104. The summed E-state index contributed by atoms with van der Waals surface area (Å²) >= 11 is 0. The summed E-state index contributed by atoms with van der Waals surface area (Å²) in [4.78, 5) is 9.95. The Morgan fingerprint density at radius 1 is 1.67 bits per heavy atom. The Kier molecular flexibility index (Phi) is 4.31. The number of hydrogen-bond donors (Lipinski definition) is 4. The van der Waals surface area contributed by atoms with Crippen molar-refractivity contribution in [2.45, 2.75) is 12.5 Å². The lowest BCUT2D eigenvalue weighted by atomic mass is 10.1. The van der Waals surface area contributed by atoms with Gasteiger partial charge in [0.2, 0.25) is 0 Å². The molecule has 1 atom stereocenters. The summed E-state index contributed by atoms with van der Waals surface area (Å²) in [5.74, 6) is -1.06. The second kappa shape index (κ2) is 4.74. The molecule has 0 fully saturated rings. The molecular formula is C7H13NO4. The van der Waals surface area contributed by atoms with Crippen LogP contribution in [0, 0.1) is 0 Å². The lowest BCUT2D eigenvalue weighted by Crippen LogP contribution is -2.39. The summed E-state index contributed by atoms with van der Waals surface area (Å²) in [5.41, 5.74) is -1.22. The molecule has 0 aliphatic carbocycles. The molecule has 1 unspecified atom stereocenters. The van der Waals surface area contributed by atoms with Crippen LogP contribution in [0.15, 0.2) is 12.3 Å². The lowest BCUT2D eigenvalue weighted by molar-refractivity contribution is -0.131. The van der Waals surface area contributed by atoms with Crippen LogP contribution in [0.2, 0.25) is 0 Å². The molecule has 0 spiro atoms. The molecule has 0 aliphatic rings. The fourth-order valence-electron chi connectivity index (χ4n) is 0.465. The van der Waals surface area contributed by atoms with Gasteiger partial charge in [-0.25, -0.2) is 4.79 Å². The molecule has 0 aliphatic heterocycles. The monoisotopic (exact) mass is 175 g/mol. The maximum absolute atomic E-state index is 9.95. The van der Waals surface area contributed by atoms with Crippen LogP contribution < -0.4 is 5.32 Å². The van der Waals surface area contributed by atoms with Gasteiger partial charge in [0.25, 0.3) is 0 Å². The van der Waals surface area contributed by atoms with Gasteiger partial charge in [-0.1, -0.05) is 0 Å². The summed E-state index contributed by atoms with van der Waals surface area (Å²) in [7, 11) is 0. The highest BCUT2D eigenvalue weighted by Crippen LogP contribution is 1.97. The van der Waals surface area contributed by atoms with Crippen LogP contribution in [0.25, 0.3) is 0 Å². The van der Waals surface area contributed by atoms with Crippen molar-refractivity contribution in [3.8, 4) is 0 Å². The van der Waals surface area contributed by atoms with Gasteiger partial charge in [-0.2, -0.15) is 0 Å². The average Bonchev–Trinajstić information content (AvgIpc) is 1.98. The minimum atomic E-state index is -1.22. The van der Waals surface area contributed by atoms with E-state index >= 15 is 0 Å². The Morgan fingerprint density at radius 3 is 2.67 bits per heavy atom. The molecule has 70 valence electrons. The minimum Gasteiger partial charge on any atom is -0.478 e. The standard InChI is InChI=1S/C7H13NO4/c1-7(12,5-9)4-8-3-2-6(10)11/h2-3,8-9,12H,4-5H2,1H3,(H,10,11)/b3-2+. The highest BCUT2D eigenvalue weighted by atomic mass is 16.4. The van der Waals surface area contributed by atoms with Crippen molar-refractivity contribution in [1.29, 1.82) is 0 Å². The van der Waals surface area contributed by atoms with Crippen molar-refractivity contribution in [3.63, 3.8) is 0 Å². The number of carboxylic acid groups (broad SMARTS) is 1. The quantitative estimate of drug-likeness (QED) is 0.399. The number of nitrogens with one attached hydrogen (secondary N) is 1. The molecule has 0 amide bonds. The predicted molar refractivity (Wildman–Crippen MR) is 42.5 cm³/mol. The Hall–Kier alpha value is -1.07. The molecule has 0 heterocycles. The maximum Gasteiger partial charge on any atom is 0.329 e. The van der Waals surface area contributed by atoms with Gasteiger partial charge in [-0.05, 0) is 6.92 Å². The van der Waals surface area contributed by atoms with Crippen LogP contribution >= 0.6 is 0 Å². The number of carboxylic acids is 1. The highest BCUT2D eigenvalue weighted by Gasteiger charge is 2.16. The van der Waals surface area contributed by atoms with Crippen LogP contribution in [0.1, 0.15) is 6.92 Å². The first-order valence-corrected chi connectivity index (χ1v) is 3.44. The first kappa shape index (κ1) is 10.9. The number of aliphatic hydroxyl groups excluding tert-OH is 1. The molecule has 4 N–H and O–H groups in total. The van der Waals surface area contributed by atoms with E-state index in [1.165, 1.54) is 13.1 Å². The van der Waals surface area contributed by atoms with Crippen molar-refractivity contribution in [1.82, 2.24) is 5.32 Å². The number of aliphatic hydroxyl groups is 2. The molecular weight excluding hydrogens is 162 g/mol. The van der Waals surface area contributed by atoms with E-state index in [2.05, 4.69) is 5.32 Å². The number of carbonyl (C=O) groups is 1. The molecule has 5 nitrogen and oxygen atoms in total. The maximum atomic E-state index is 9.95. The third-order valence-electron chi connectivity index (χ3n) is 1.17. The second-order valence-electron chi connectivity index (χ2n) is 2.71. The van der Waals surface area contributed by atoms with E-state index in [1.54, 1.807) is 0 Å². The van der Waals surface area contributed by atoms with Crippen LogP contribution in [0.4, 0.5) is 0 Å². The number of rotatable bonds is 5. The van der Waals surface area contributed by atoms with Gasteiger partial charge in [0.1, 0.15) is 5.60 Å². The van der Waals surface area contributed by atoms with E-state index in [4.69, 9.17) is 10.2 Å². The van der Waals surface area contributed by atoms with E-state index in [0.717, 1.165) is 6.08 Å². The third kappa shape index (κ3) is 5.70. The van der Waals surface area contributed by atoms with Crippen molar-refractivity contribution in [2.75, 3.05) is 13.2 Å². The van der Waals surface area contributed by atoms with E-state index in [9.17, 15) is 9.90 Å². The molecule has 5 heteroatoms. The van der Waals surface area contributed by atoms with Gasteiger partial charge in [0.15, 0.2) is 0 Å². The highest BCUT2D eigenvalue weighted by molar-refractivity contribution is 5.79. The Bertz CT molecular complexity index is 176. The first-order chi connectivity index (χ1) is 5.48. The number of hydrogen-bond acceptors (Lipinski definition) is 4. The zero-order valence-electron chi connectivity index (χ0n) is 6.82. The Labute approximate surface area is 70.3 Å². The smallest absolute Gasteiger partial charge is 0.329 e. The number of aliphatic carboxylic acids is 1. The Morgan fingerprint density at radius 2 is 2.25 bits per heavy atom. The van der Waals surface area contributed by atoms with Gasteiger partial charge >= 0.3 is 5.97 Å². The zero-order valence-corrected chi connectivity index (χ0v) is 6.82. The summed E-state index contributed by atoms with van der Waals surface area (Å²) in [6.45, 7) is 1.17. The molecule has 0 aromatic carbocycles. The third-order valence-corrected chi connectivity index (χ3v) is 1.17. The second-order valence-corrected chi connectivity index (χ2v) is 2.71. The molecule has 12 heavy (non-hydrogen) atoms. The SMILES string of the molecule is CC(O)(CO)CN/C=C/C(=O)O. The molecule has 0 bridgehead atoms. The van der Waals surface area contributed by atoms with Crippen LogP contribution in [0.5, 0.6) is 0 Å². The van der Waals surface area contributed by atoms with Crippen molar-refractivity contribution < 1.29 is 20.1 Å². The van der Waals surface area contributed by atoms with E-state index in [-0.39, 0.29) is 13.2 Å². The predicted octanol–water partition coefficient (Wildman–Crippen LogP) is -1.08. The zero-order chi connectivity index (χ0) is 9.61. The first-order valence-electron chi connectivity index (χ1n) is 3.44. The van der Waals surface area contributed by atoms with Gasteiger partial charge < -0.3 is 20.6 Å². The Balaban J connectivity index is 3.63. The summed E-state index contributed by atoms with van der Waals surface area (Å²) in [6.07, 6.45) is 2.11. The molecule has 0 aromatic heterocycles. The fourth-order valence-corrected chi connectivity index (χ4v) is 0.465. The van der Waals surface area contributed by atoms with Crippen molar-refractivity contribution in [2.24, 2.45) is 0 Å². The van der Waals surface area contributed by atoms with E-state index in [1.807, 2.05) is 0 Å². The van der Waals surface area contributed by atoms with Crippen molar-refractivity contribution in [3.05, 3.63) is 12.3 Å². The van der Waals surface area contributed by atoms with Gasteiger partial charge in [0.05, 0.1) is 6.61 Å². The van der Waals surface area contributed by atoms with Gasteiger partial charge in [-0.15, -0.1) is 0 Å². The average molecular weight is 175 g/mol. The normalized spacial score (nSPS) is 15.9. The van der Waals surface area contributed by atoms with Crippen LogP contribution in [0.3, 0.4) is 0 Å². The van der Waals surface area contributed by atoms with Gasteiger partial charge in [-0.3, -0.25) is 0 Å². The molecule has 0 aromatic rings. The summed E-state index contributed by atoms with van der Waals surface area (Å²) in [5, 5.41) is 28.5.